The molecular weight excluding hydrogens is 374 g/mol. The summed E-state index contributed by atoms with van der Waals surface area (Å²) in [5, 5.41) is 15.1. The topological polar surface area (TPSA) is 91.1 Å². The summed E-state index contributed by atoms with van der Waals surface area (Å²) < 4.78 is 0. The number of rotatable bonds is 3. The smallest absolute Gasteiger partial charge is 0.250 e. The Bertz CT molecular complexity index is 1150. The van der Waals surface area contributed by atoms with Crippen molar-refractivity contribution < 1.29 is 9.90 Å². The van der Waals surface area contributed by atoms with E-state index in [1.54, 1.807) is 0 Å². The van der Waals surface area contributed by atoms with Crippen LogP contribution >= 0.6 is 0 Å². The van der Waals surface area contributed by atoms with Crippen LogP contribution in [0.15, 0.2) is 30.3 Å². The third-order valence-corrected chi connectivity index (χ3v) is 7.04. The van der Waals surface area contributed by atoms with E-state index in [0.29, 0.717) is 5.56 Å². The van der Waals surface area contributed by atoms with E-state index in [1.807, 2.05) is 19.9 Å². The first-order chi connectivity index (χ1) is 14.3. The van der Waals surface area contributed by atoms with Crippen LogP contribution in [0, 0.1) is 5.92 Å². The Labute approximate surface area is 176 Å². The monoisotopic (exact) mass is 403 g/mol. The number of amides is 1. The van der Waals surface area contributed by atoms with Crippen LogP contribution in [0.1, 0.15) is 53.0 Å². The Morgan fingerprint density at radius 3 is 2.73 bits per heavy atom. The highest BCUT2D eigenvalue weighted by Gasteiger charge is 2.33. The van der Waals surface area contributed by atoms with Gasteiger partial charge in [0.1, 0.15) is 0 Å². The van der Waals surface area contributed by atoms with Crippen molar-refractivity contribution in [2.45, 2.75) is 51.7 Å². The number of aromatic nitrogens is 1. The highest BCUT2D eigenvalue weighted by Crippen LogP contribution is 2.42. The van der Waals surface area contributed by atoms with Crippen LogP contribution in [-0.2, 0) is 25.8 Å². The molecule has 1 unspecified atom stereocenters. The lowest BCUT2D eigenvalue weighted by molar-refractivity contribution is 0.0107. The fraction of sp³-hybridized carbons (Fsp3) is 0.400. The largest absolute Gasteiger partial charge is 0.390 e. The van der Waals surface area contributed by atoms with Gasteiger partial charge >= 0.3 is 0 Å². The number of primary amides is 1. The van der Waals surface area contributed by atoms with Crippen LogP contribution in [0.4, 0.5) is 0 Å². The van der Waals surface area contributed by atoms with Crippen LogP contribution in [0.5, 0.6) is 0 Å². The highest BCUT2D eigenvalue weighted by molar-refractivity contribution is 6.11. The number of aliphatic hydroxyl groups is 1. The van der Waals surface area contributed by atoms with E-state index in [2.05, 4.69) is 34.6 Å². The van der Waals surface area contributed by atoms with Crippen molar-refractivity contribution in [1.29, 1.82) is 0 Å². The summed E-state index contributed by atoms with van der Waals surface area (Å²) in [5.74, 6) is -0.224. The van der Waals surface area contributed by atoms with Gasteiger partial charge in [-0.3, -0.25) is 4.79 Å². The molecule has 5 nitrogen and oxygen atoms in total. The maximum absolute atomic E-state index is 12.2. The Morgan fingerprint density at radius 2 is 1.97 bits per heavy atom. The second-order valence-corrected chi connectivity index (χ2v) is 9.32. The number of benzene rings is 2. The molecule has 156 valence electrons. The van der Waals surface area contributed by atoms with E-state index in [9.17, 15) is 9.90 Å². The van der Waals surface area contributed by atoms with Gasteiger partial charge in [-0.2, -0.15) is 0 Å². The lowest BCUT2D eigenvalue weighted by Crippen LogP contribution is -2.34. The number of nitrogens with two attached hydrogens (primary N) is 1. The van der Waals surface area contributed by atoms with Crippen LogP contribution in [0.25, 0.3) is 22.0 Å². The summed E-state index contributed by atoms with van der Waals surface area (Å²) >= 11 is 0. The molecule has 2 aliphatic rings. The van der Waals surface area contributed by atoms with Gasteiger partial charge in [0, 0.05) is 17.6 Å². The van der Waals surface area contributed by atoms with Gasteiger partial charge in [-0.25, -0.2) is 0 Å². The Balaban J connectivity index is 1.75. The first-order valence-electron chi connectivity index (χ1n) is 10.8. The normalized spacial score (nSPS) is 18.8. The molecule has 1 amide bonds. The second kappa shape index (κ2) is 6.96. The first-order valence-corrected chi connectivity index (χ1v) is 10.8. The average molecular weight is 404 g/mol. The molecule has 0 saturated carbocycles. The fourth-order valence-corrected chi connectivity index (χ4v) is 5.36. The predicted molar refractivity (Wildman–Crippen MR) is 119 cm³/mol. The molecule has 0 saturated heterocycles. The van der Waals surface area contributed by atoms with Crippen molar-refractivity contribution in [1.82, 2.24) is 10.3 Å². The van der Waals surface area contributed by atoms with E-state index in [4.69, 9.17) is 5.73 Å². The molecule has 5 N–H and O–H groups in total. The summed E-state index contributed by atoms with van der Waals surface area (Å²) in [6.07, 6.45) is 3.59. The van der Waals surface area contributed by atoms with Gasteiger partial charge in [0.15, 0.2) is 0 Å². The molecule has 3 aromatic rings. The van der Waals surface area contributed by atoms with Crippen LogP contribution in [0.3, 0.4) is 0 Å². The van der Waals surface area contributed by atoms with Crippen LogP contribution in [0.2, 0.25) is 0 Å². The minimum Gasteiger partial charge on any atom is -0.390 e. The van der Waals surface area contributed by atoms with Gasteiger partial charge in [0.2, 0.25) is 0 Å². The van der Waals surface area contributed by atoms with Crippen molar-refractivity contribution in [3.8, 4) is 11.1 Å². The Morgan fingerprint density at radius 1 is 1.13 bits per heavy atom. The van der Waals surface area contributed by atoms with Crippen LogP contribution < -0.4 is 11.1 Å². The SMILES string of the molecule is CC(C)(O)C1CCc2c([nH]c3c(C(N)=O)ccc(-c4cccc5c4CCNC5)c23)C1. The van der Waals surface area contributed by atoms with Gasteiger partial charge in [-0.1, -0.05) is 24.3 Å². The highest BCUT2D eigenvalue weighted by atomic mass is 16.3. The number of hydrogen-bond donors (Lipinski definition) is 4. The third-order valence-electron chi connectivity index (χ3n) is 7.04. The minimum atomic E-state index is -0.726. The summed E-state index contributed by atoms with van der Waals surface area (Å²) in [5.41, 5.74) is 13.9. The summed E-state index contributed by atoms with van der Waals surface area (Å²) in [7, 11) is 0. The standard InChI is InChI=1S/C25H29N3O2/c1-25(2,30)15-6-7-19-21(12-15)28-23-20(24(26)29)9-8-18(22(19)23)17-5-3-4-14-13-27-11-10-16(14)17/h3-5,8-9,15,27-28,30H,6-7,10-13H2,1-2H3,(H2,26,29). The maximum Gasteiger partial charge on any atom is 0.250 e. The van der Waals surface area contributed by atoms with Crippen molar-refractivity contribution >= 4 is 16.8 Å². The molecule has 1 aliphatic heterocycles. The third kappa shape index (κ3) is 3.04. The zero-order valence-electron chi connectivity index (χ0n) is 17.6. The van der Waals surface area contributed by atoms with E-state index in [1.165, 1.54) is 27.8 Å². The van der Waals surface area contributed by atoms with Crippen molar-refractivity contribution in [3.63, 3.8) is 0 Å². The quantitative estimate of drug-likeness (QED) is 0.540. The van der Waals surface area contributed by atoms with Gasteiger partial charge in [-0.05, 0) is 85.9 Å². The summed E-state index contributed by atoms with van der Waals surface area (Å²) in [4.78, 5) is 15.7. The molecule has 0 fully saturated rings. The molecule has 2 aromatic carbocycles. The van der Waals surface area contributed by atoms with E-state index in [0.717, 1.165) is 55.4 Å². The van der Waals surface area contributed by atoms with E-state index < -0.39 is 11.5 Å². The van der Waals surface area contributed by atoms with Gasteiger partial charge in [0.05, 0.1) is 16.7 Å². The molecule has 1 aliphatic carbocycles. The fourth-order valence-electron chi connectivity index (χ4n) is 5.36. The molecule has 5 heteroatoms. The van der Waals surface area contributed by atoms with Crippen molar-refractivity contribution in [2.75, 3.05) is 6.54 Å². The lowest BCUT2D eigenvalue weighted by Gasteiger charge is -2.32. The minimum absolute atomic E-state index is 0.189. The number of carbonyl (C=O) groups is 1. The Kier molecular flexibility index (Phi) is 4.49. The van der Waals surface area contributed by atoms with E-state index in [-0.39, 0.29) is 5.92 Å². The predicted octanol–water partition coefficient (Wildman–Crippen LogP) is 3.46. The van der Waals surface area contributed by atoms with Gasteiger partial charge in [-0.15, -0.1) is 0 Å². The number of H-pyrrole nitrogens is 1. The number of carbonyl (C=O) groups excluding carboxylic acids is 1. The number of fused-ring (bicyclic) bond motifs is 4. The summed E-state index contributed by atoms with van der Waals surface area (Å²) in [6, 6.07) is 10.4. The zero-order valence-corrected chi connectivity index (χ0v) is 17.6. The first kappa shape index (κ1) is 19.3. The van der Waals surface area contributed by atoms with Crippen molar-refractivity contribution in [3.05, 3.63) is 58.3 Å². The molecule has 0 spiro atoms. The number of nitrogens with one attached hydrogen (secondary N) is 2. The Hall–Kier alpha value is -2.63. The second-order valence-electron chi connectivity index (χ2n) is 9.32. The van der Waals surface area contributed by atoms with Gasteiger partial charge < -0.3 is 21.1 Å². The molecule has 30 heavy (non-hydrogen) atoms. The molecule has 5 rings (SSSR count). The number of hydrogen-bond acceptors (Lipinski definition) is 3. The lowest BCUT2D eigenvalue weighted by atomic mass is 9.77. The molecule has 0 bridgehead atoms. The molecular formula is C25H29N3O2. The average Bonchev–Trinajstić information content (AvgIpc) is 3.10. The molecule has 1 aromatic heterocycles. The zero-order chi connectivity index (χ0) is 21.0. The molecule has 1 atom stereocenters. The van der Waals surface area contributed by atoms with Crippen molar-refractivity contribution in [2.24, 2.45) is 11.7 Å². The van der Waals surface area contributed by atoms with Crippen LogP contribution in [-0.4, -0.2) is 28.1 Å². The summed E-state index contributed by atoms with van der Waals surface area (Å²) in [6.45, 7) is 5.64. The maximum atomic E-state index is 12.2. The number of aryl methyl sites for hydroxylation is 1. The van der Waals surface area contributed by atoms with E-state index >= 15 is 0 Å². The van der Waals surface area contributed by atoms with Gasteiger partial charge in [0.25, 0.3) is 5.91 Å². The number of aromatic amines is 1. The molecule has 0 radical (unpaired) electrons. The molecule has 2 heterocycles.